The Balaban J connectivity index is 1.94. The van der Waals surface area contributed by atoms with Crippen LogP contribution in [-0.2, 0) is 4.79 Å². The fraction of sp³-hybridized carbons (Fsp3) is 0.286. The van der Waals surface area contributed by atoms with Gasteiger partial charge in [0.25, 0.3) is 0 Å². The zero-order valence-corrected chi connectivity index (χ0v) is 12.7. The molecule has 0 radical (unpaired) electrons. The molecule has 2 rings (SSSR count). The number of urea groups is 1. The van der Waals surface area contributed by atoms with Crippen LogP contribution in [0, 0.1) is 0 Å². The first-order chi connectivity index (χ1) is 9.95. The molecule has 0 aromatic heterocycles. The molecule has 0 saturated carbocycles. The Morgan fingerprint density at radius 2 is 2.10 bits per heavy atom. The van der Waals surface area contributed by atoms with Gasteiger partial charge in [-0.15, -0.1) is 0 Å². The standard InChI is InChI=1S/C14H15Cl2N3O2/c15-11-3-1-9(7-12(11)16)2-4-13(20)19-6-5-10(8-19)18-14(17)21/h1-4,7,10H,5-6,8H2,(H3,17,18,21)/b4-2+. The number of carbonyl (C=O) groups excluding carboxylic acids is 2. The highest BCUT2D eigenvalue weighted by Crippen LogP contribution is 2.23. The molecule has 21 heavy (non-hydrogen) atoms. The summed E-state index contributed by atoms with van der Waals surface area (Å²) in [4.78, 5) is 24.5. The number of hydrogen-bond acceptors (Lipinski definition) is 2. The molecule has 1 aliphatic rings. The monoisotopic (exact) mass is 327 g/mol. The topological polar surface area (TPSA) is 75.4 Å². The van der Waals surface area contributed by atoms with Crippen LogP contribution in [0.1, 0.15) is 12.0 Å². The van der Waals surface area contributed by atoms with E-state index in [1.165, 1.54) is 6.08 Å². The Labute approximate surface area is 132 Å². The van der Waals surface area contributed by atoms with Gasteiger partial charge in [0.15, 0.2) is 0 Å². The lowest BCUT2D eigenvalue weighted by Gasteiger charge is -2.14. The molecule has 1 heterocycles. The summed E-state index contributed by atoms with van der Waals surface area (Å²) in [6.45, 7) is 1.06. The molecule has 0 aliphatic carbocycles. The van der Waals surface area contributed by atoms with Crippen molar-refractivity contribution in [3.05, 3.63) is 39.9 Å². The van der Waals surface area contributed by atoms with E-state index in [4.69, 9.17) is 28.9 Å². The molecule has 112 valence electrons. The lowest BCUT2D eigenvalue weighted by molar-refractivity contribution is -0.125. The summed E-state index contributed by atoms with van der Waals surface area (Å²) < 4.78 is 0. The molecule has 3 N–H and O–H groups in total. The van der Waals surface area contributed by atoms with Crippen molar-refractivity contribution in [2.45, 2.75) is 12.5 Å². The Bertz CT molecular complexity index is 590. The second kappa shape index (κ2) is 6.83. The SMILES string of the molecule is NC(=O)NC1CCN(C(=O)/C=C/c2ccc(Cl)c(Cl)c2)C1. The lowest BCUT2D eigenvalue weighted by atomic mass is 10.2. The highest BCUT2D eigenvalue weighted by atomic mass is 35.5. The van der Waals surface area contributed by atoms with Crippen molar-refractivity contribution in [2.24, 2.45) is 5.73 Å². The zero-order chi connectivity index (χ0) is 15.4. The molecule has 1 fully saturated rings. The molecule has 7 heteroatoms. The summed E-state index contributed by atoms with van der Waals surface area (Å²) in [5.41, 5.74) is 5.86. The van der Waals surface area contributed by atoms with Crippen LogP contribution in [0.4, 0.5) is 4.79 Å². The number of amides is 3. The maximum atomic E-state index is 12.0. The largest absolute Gasteiger partial charge is 0.352 e. The molecule has 0 spiro atoms. The van der Waals surface area contributed by atoms with Gasteiger partial charge in [-0.3, -0.25) is 4.79 Å². The van der Waals surface area contributed by atoms with Crippen LogP contribution in [0.25, 0.3) is 6.08 Å². The van der Waals surface area contributed by atoms with E-state index in [2.05, 4.69) is 5.32 Å². The van der Waals surface area contributed by atoms with Crippen LogP contribution in [0.5, 0.6) is 0 Å². The third-order valence-electron chi connectivity index (χ3n) is 3.21. The molecule has 5 nitrogen and oxygen atoms in total. The maximum absolute atomic E-state index is 12.0. The number of halogens is 2. The third-order valence-corrected chi connectivity index (χ3v) is 3.95. The maximum Gasteiger partial charge on any atom is 0.312 e. The predicted molar refractivity (Wildman–Crippen MR) is 83.2 cm³/mol. The minimum Gasteiger partial charge on any atom is -0.352 e. The Morgan fingerprint density at radius 3 is 2.76 bits per heavy atom. The normalized spacial score (nSPS) is 18.2. The first-order valence-electron chi connectivity index (χ1n) is 6.43. The zero-order valence-electron chi connectivity index (χ0n) is 11.2. The number of hydrogen-bond donors (Lipinski definition) is 2. The van der Waals surface area contributed by atoms with Crippen LogP contribution in [0.15, 0.2) is 24.3 Å². The Kier molecular flexibility index (Phi) is 5.09. The summed E-state index contributed by atoms with van der Waals surface area (Å²) in [6, 6.07) is 4.50. The van der Waals surface area contributed by atoms with E-state index in [-0.39, 0.29) is 11.9 Å². The molecule has 1 aromatic carbocycles. The van der Waals surface area contributed by atoms with Crippen molar-refractivity contribution in [1.29, 1.82) is 0 Å². The van der Waals surface area contributed by atoms with Crippen molar-refractivity contribution >= 4 is 41.2 Å². The summed E-state index contributed by atoms with van der Waals surface area (Å²) in [5, 5.41) is 3.52. The molecule has 1 unspecified atom stereocenters. The second-order valence-corrected chi connectivity index (χ2v) is 5.60. The van der Waals surface area contributed by atoms with Gasteiger partial charge in [0.1, 0.15) is 0 Å². The van der Waals surface area contributed by atoms with E-state index in [1.807, 2.05) is 0 Å². The number of benzene rings is 1. The minimum atomic E-state index is -0.569. The number of likely N-dealkylation sites (tertiary alicyclic amines) is 1. The fourth-order valence-corrected chi connectivity index (χ4v) is 2.47. The van der Waals surface area contributed by atoms with E-state index in [9.17, 15) is 9.59 Å². The van der Waals surface area contributed by atoms with Gasteiger partial charge in [-0.2, -0.15) is 0 Å². The van der Waals surface area contributed by atoms with Gasteiger partial charge in [-0.25, -0.2) is 4.79 Å². The Hall–Kier alpha value is -1.72. The number of nitrogens with two attached hydrogens (primary N) is 1. The van der Waals surface area contributed by atoms with Crippen molar-refractivity contribution in [2.75, 3.05) is 13.1 Å². The average Bonchev–Trinajstić information content (AvgIpc) is 2.87. The van der Waals surface area contributed by atoms with Gasteiger partial charge in [0.2, 0.25) is 5.91 Å². The number of primary amides is 1. The van der Waals surface area contributed by atoms with E-state index in [0.717, 1.165) is 5.56 Å². The van der Waals surface area contributed by atoms with E-state index < -0.39 is 6.03 Å². The van der Waals surface area contributed by atoms with Gasteiger partial charge in [-0.05, 0) is 30.2 Å². The second-order valence-electron chi connectivity index (χ2n) is 4.79. The summed E-state index contributed by atoms with van der Waals surface area (Å²) >= 11 is 11.7. The van der Waals surface area contributed by atoms with Crippen LogP contribution in [-0.4, -0.2) is 36.0 Å². The average molecular weight is 328 g/mol. The fourth-order valence-electron chi connectivity index (χ4n) is 2.17. The van der Waals surface area contributed by atoms with E-state index in [1.54, 1.807) is 29.2 Å². The van der Waals surface area contributed by atoms with E-state index in [0.29, 0.717) is 29.6 Å². The summed E-state index contributed by atoms with van der Waals surface area (Å²) in [7, 11) is 0. The predicted octanol–water partition coefficient (Wildman–Crippen LogP) is 2.28. The lowest BCUT2D eigenvalue weighted by Crippen LogP contribution is -2.40. The van der Waals surface area contributed by atoms with Gasteiger partial charge < -0.3 is 16.0 Å². The first kappa shape index (κ1) is 15.7. The van der Waals surface area contributed by atoms with Gasteiger partial charge in [0.05, 0.1) is 10.0 Å². The molecule has 1 aliphatic heterocycles. The van der Waals surface area contributed by atoms with Crippen molar-refractivity contribution in [1.82, 2.24) is 10.2 Å². The van der Waals surface area contributed by atoms with E-state index >= 15 is 0 Å². The number of nitrogens with one attached hydrogen (secondary N) is 1. The quantitative estimate of drug-likeness (QED) is 0.835. The van der Waals surface area contributed by atoms with Gasteiger partial charge in [-0.1, -0.05) is 29.3 Å². The minimum absolute atomic E-state index is 0.0789. The van der Waals surface area contributed by atoms with Crippen LogP contribution in [0.3, 0.4) is 0 Å². The van der Waals surface area contributed by atoms with Crippen LogP contribution >= 0.6 is 23.2 Å². The summed E-state index contributed by atoms with van der Waals surface area (Å²) in [6.07, 6.45) is 3.86. The number of rotatable bonds is 3. The molecular weight excluding hydrogens is 313 g/mol. The smallest absolute Gasteiger partial charge is 0.312 e. The molecular formula is C14H15Cl2N3O2. The molecule has 1 aromatic rings. The van der Waals surface area contributed by atoms with Gasteiger partial charge >= 0.3 is 6.03 Å². The van der Waals surface area contributed by atoms with Crippen molar-refractivity contribution in [3.63, 3.8) is 0 Å². The number of carbonyl (C=O) groups is 2. The summed E-state index contributed by atoms with van der Waals surface area (Å²) in [5.74, 6) is -0.116. The van der Waals surface area contributed by atoms with Crippen LogP contribution in [0.2, 0.25) is 10.0 Å². The molecule has 1 saturated heterocycles. The molecule has 3 amide bonds. The highest BCUT2D eigenvalue weighted by molar-refractivity contribution is 6.42. The van der Waals surface area contributed by atoms with Crippen LogP contribution < -0.4 is 11.1 Å². The molecule has 0 bridgehead atoms. The third kappa shape index (κ3) is 4.37. The van der Waals surface area contributed by atoms with Crippen molar-refractivity contribution in [3.8, 4) is 0 Å². The first-order valence-corrected chi connectivity index (χ1v) is 7.19. The Morgan fingerprint density at radius 1 is 1.33 bits per heavy atom. The number of nitrogens with zero attached hydrogens (tertiary/aromatic N) is 1. The van der Waals surface area contributed by atoms with Gasteiger partial charge in [0, 0.05) is 25.2 Å². The highest BCUT2D eigenvalue weighted by Gasteiger charge is 2.25. The van der Waals surface area contributed by atoms with Crippen molar-refractivity contribution < 1.29 is 9.59 Å². The molecule has 1 atom stereocenters.